The van der Waals surface area contributed by atoms with Crippen molar-refractivity contribution in [2.75, 3.05) is 6.61 Å². The predicted octanol–water partition coefficient (Wildman–Crippen LogP) is 1.45. The lowest BCUT2D eigenvalue weighted by Gasteiger charge is -2.11. The molecule has 13 heavy (non-hydrogen) atoms. The van der Waals surface area contributed by atoms with Crippen LogP contribution in [0.2, 0.25) is 0 Å². The molecule has 2 heteroatoms. The molecule has 1 aromatic rings. The monoisotopic (exact) mass is 175 g/mol. The molecule has 0 amide bonds. The summed E-state index contributed by atoms with van der Waals surface area (Å²) in [5, 5.41) is 8.95. The van der Waals surface area contributed by atoms with Crippen molar-refractivity contribution in [1.82, 2.24) is 4.98 Å². The molecule has 2 nitrogen and oxygen atoms in total. The fourth-order valence-electron chi connectivity index (χ4n) is 0.718. The number of pyridine rings is 1. The first-order valence-corrected chi connectivity index (χ1v) is 4.18. The summed E-state index contributed by atoms with van der Waals surface area (Å²) in [4.78, 5) is 3.95. The second kappa shape index (κ2) is 4.06. The van der Waals surface area contributed by atoms with Crippen LogP contribution >= 0.6 is 0 Å². The predicted molar refractivity (Wildman–Crippen MR) is 52.0 cm³/mol. The average molecular weight is 175 g/mol. The maximum absolute atomic E-state index is 8.95. The van der Waals surface area contributed by atoms with E-state index in [1.54, 1.807) is 12.4 Å². The molecule has 0 aromatic carbocycles. The second-order valence-corrected chi connectivity index (χ2v) is 3.53. The van der Waals surface area contributed by atoms with Crippen molar-refractivity contribution >= 4 is 0 Å². The molecule has 0 aliphatic carbocycles. The zero-order valence-corrected chi connectivity index (χ0v) is 7.91. The molecular formula is C11H13NO. The Labute approximate surface area is 78.6 Å². The van der Waals surface area contributed by atoms with Crippen molar-refractivity contribution < 1.29 is 5.11 Å². The van der Waals surface area contributed by atoms with Crippen LogP contribution in [0.25, 0.3) is 0 Å². The quantitative estimate of drug-likeness (QED) is 0.655. The van der Waals surface area contributed by atoms with Gasteiger partial charge in [-0.05, 0) is 26.0 Å². The Kier molecular flexibility index (Phi) is 3.05. The zero-order valence-electron chi connectivity index (χ0n) is 7.91. The van der Waals surface area contributed by atoms with Crippen molar-refractivity contribution in [2.45, 2.75) is 13.8 Å². The van der Waals surface area contributed by atoms with Gasteiger partial charge in [0.15, 0.2) is 0 Å². The molecule has 0 atom stereocenters. The van der Waals surface area contributed by atoms with Gasteiger partial charge in [-0.25, -0.2) is 0 Å². The normalized spacial score (nSPS) is 10.4. The lowest BCUT2D eigenvalue weighted by molar-refractivity contribution is 0.206. The summed E-state index contributed by atoms with van der Waals surface area (Å²) in [6.45, 7) is 3.87. The van der Waals surface area contributed by atoms with Gasteiger partial charge < -0.3 is 5.11 Å². The van der Waals surface area contributed by atoms with Gasteiger partial charge in [0.25, 0.3) is 0 Å². The summed E-state index contributed by atoms with van der Waals surface area (Å²) < 4.78 is 0. The molecule has 0 aliphatic heterocycles. The van der Waals surface area contributed by atoms with Gasteiger partial charge in [-0.1, -0.05) is 11.8 Å². The fourth-order valence-corrected chi connectivity index (χ4v) is 0.718. The van der Waals surface area contributed by atoms with E-state index in [0.29, 0.717) is 0 Å². The zero-order chi connectivity index (χ0) is 9.73. The summed E-state index contributed by atoms with van der Waals surface area (Å²) in [6, 6.07) is 3.74. The van der Waals surface area contributed by atoms with Crippen LogP contribution < -0.4 is 0 Å². The number of aliphatic hydroxyl groups excluding tert-OH is 1. The summed E-state index contributed by atoms with van der Waals surface area (Å²) in [5.74, 6) is 5.95. The number of rotatable bonds is 1. The van der Waals surface area contributed by atoms with E-state index >= 15 is 0 Å². The highest BCUT2D eigenvalue weighted by Crippen LogP contribution is 2.11. The highest BCUT2D eigenvalue weighted by Gasteiger charge is 2.11. The first-order valence-electron chi connectivity index (χ1n) is 4.18. The van der Waals surface area contributed by atoms with Crippen LogP contribution in [0, 0.1) is 17.3 Å². The third kappa shape index (κ3) is 3.27. The smallest absolute Gasteiger partial charge is 0.0591 e. The van der Waals surface area contributed by atoms with E-state index in [4.69, 9.17) is 5.11 Å². The van der Waals surface area contributed by atoms with Gasteiger partial charge in [0.05, 0.1) is 6.61 Å². The number of nitrogens with zero attached hydrogens (tertiary/aromatic N) is 1. The van der Waals surface area contributed by atoms with Crippen LogP contribution in [0.5, 0.6) is 0 Å². The molecule has 0 unspecified atom stereocenters. The van der Waals surface area contributed by atoms with E-state index in [-0.39, 0.29) is 12.0 Å². The SMILES string of the molecule is CC(C)(C#Cc1cccnc1)CO. The van der Waals surface area contributed by atoms with Gasteiger partial charge in [0.1, 0.15) is 0 Å². The lowest BCUT2D eigenvalue weighted by Crippen LogP contribution is -2.13. The Bertz CT molecular complexity index is 319. The van der Waals surface area contributed by atoms with Crippen LogP contribution in [-0.2, 0) is 0 Å². The standard InChI is InChI=1S/C11H13NO/c1-11(2,9-13)6-5-10-4-3-7-12-8-10/h3-4,7-8,13H,9H2,1-2H3. The molecule has 0 bridgehead atoms. The molecule has 0 aliphatic rings. The third-order valence-corrected chi connectivity index (χ3v) is 1.60. The van der Waals surface area contributed by atoms with Crippen LogP contribution in [0.15, 0.2) is 24.5 Å². The molecule has 0 saturated carbocycles. The maximum atomic E-state index is 8.95. The Morgan fingerprint density at radius 3 is 2.85 bits per heavy atom. The first-order chi connectivity index (χ1) is 6.14. The molecule has 0 fully saturated rings. The minimum atomic E-state index is -0.337. The molecule has 0 spiro atoms. The van der Waals surface area contributed by atoms with E-state index in [1.807, 2.05) is 26.0 Å². The minimum absolute atomic E-state index is 0.0697. The van der Waals surface area contributed by atoms with Crippen molar-refractivity contribution in [1.29, 1.82) is 0 Å². The van der Waals surface area contributed by atoms with Crippen molar-refractivity contribution in [3.05, 3.63) is 30.1 Å². The van der Waals surface area contributed by atoms with E-state index < -0.39 is 0 Å². The van der Waals surface area contributed by atoms with Gasteiger partial charge in [-0.15, -0.1) is 0 Å². The average Bonchev–Trinajstić information content (AvgIpc) is 2.17. The lowest BCUT2D eigenvalue weighted by atomic mass is 9.96. The van der Waals surface area contributed by atoms with E-state index in [0.717, 1.165) is 5.56 Å². The number of hydrogen-bond acceptors (Lipinski definition) is 2. The molecular weight excluding hydrogens is 162 g/mol. The summed E-state index contributed by atoms with van der Waals surface area (Å²) in [5.41, 5.74) is 0.541. The third-order valence-electron chi connectivity index (χ3n) is 1.60. The summed E-state index contributed by atoms with van der Waals surface area (Å²) in [6.07, 6.45) is 3.42. The Balaban J connectivity index is 2.79. The van der Waals surface area contributed by atoms with Crippen LogP contribution in [-0.4, -0.2) is 16.7 Å². The fraction of sp³-hybridized carbons (Fsp3) is 0.364. The topological polar surface area (TPSA) is 33.1 Å². The largest absolute Gasteiger partial charge is 0.395 e. The Morgan fingerprint density at radius 1 is 1.54 bits per heavy atom. The maximum Gasteiger partial charge on any atom is 0.0591 e. The van der Waals surface area contributed by atoms with Gasteiger partial charge in [-0.2, -0.15) is 0 Å². The second-order valence-electron chi connectivity index (χ2n) is 3.53. The highest BCUT2D eigenvalue weighted by molar-refractivity contribution is 5.32. The molecule has 1 heterocycles. The van der Waals surface area contributed by atoms with Crippen molar-refractivity contribution in [3.63, 3.8) is 0 Å². The number of aromatic nitrogens is 1. The molecule has 1 N–H and O–H groups in total. The highest BCUT2D eigenvalue weighted by atomic mass is 16.3. The van der Waals surface area contributed by atoms with E-state index in [2.05, 4.69) is 16.8 Å². The molecule has 0 radical (unpaired) electrons. The van der Waals surface area contributed by atoms with Gasteiger partial charge >= 0.3 is 0 Å². The minimum Gasteiger partial charge on any atom is -0.395 e. The van der Waals surface area contributed by atoms with Gasteiger partial charge in [0.2, 0.25) is 0 Å². The first kappa shape index (κ1) is 9.76. The van der Waals surface area contributed by atoms with Crippen molar-refractivity contribution in [2.24, 2.45) is 5.41 Å². The van der Waals surface area contributed by atoms with E-state index in [1.165, 1.54) is 0 Å². The molecule has 68 valence electrons. The van der Waals surface area contributed by atoms with Gasteiger partial charge in [-0.3, -0.25) is 4.98 Å². The summed E-state index contributed by atoms with van der Waals surface area (Å²) >= 11 is 0. The summed E-state index contributed by atoms with van der Waals surface area (Å²) in [7, 11) is 0. The van der Waals surface area contributed by atoms with Gasteiger partial charge in [0, 0.05) is 23.4 Å². The molecule has 0 saturated heterocycles. The van der Waals surface area contributed by atoms with Crippen LogP contribution in [0.4, 0.5) is 0 Å². The van der Waals surface area contributed by atoms with Crippen LogP contribution in [0.1, 0.15) is 19.4 Å². The van der Waals surface area contributed by atoms with E-state index in [9.17, 15) is 0 Å². The molecule has 1 aromatic heterocycles. The number of hydrogen-bond donors (Lipinski definition) is 1. The molecule has 1 rings (SSSR count). The Hall–Kier alpha value is -1.33. The Morgan fingerprint density at radius 2 is 2.31 bits per heavy atom. The van der Waals surface area contributed by atoms with Crippen LogP contribution in [0.3, 0.4) is 0 Å². The number of aliphatic hydroxyl groups is 1. The van der Waals surface area contributed by atoms with Crippen molar-refractivity contribution in [3.8, 4) is 11.8 Å².